The fraction of sp³-hybridized carbons (Fsp3) is 0.133. The molecule has 0 unspecified atom stereocenters. The third-order valence-electron chi connectivity index (χ3n) is 3.16. The highest BCUT2D eigenvalue weighted by Crippen LogP contribution is 2.22. The second-order valence-corrected chi connectivity index (χ2v) is 6.53. The highest BCUT2D eigenvalue weighted by molar-refractivity contribution is 7.92. The van der Waals surface area contributed by atoms with E-state index in [4.69, 9.17) is 5.11 Å². The zero-order valence-electron chi connectivity index (χ0n) is 11.9. The summed E-state index contributed by atoms with van der Waals surface area (Å²) in [4.78, 5) is 10.8. The summed E-state index contributed by atoms with van der Waals surface area (Å²) in [5.74, 6) is -1.58. The number of hydrogen-bond donors (Lipinski definition) is 2. The van der Waals surface area contributed by atoms with Gasteiger partial charge in [0.15, 0.2) is 0 Å². The van der Waals surface area contributed by atoms with Crippen molar-refractivity contribution in [3.63, 3.8) is 0 Å². The van der Waals surface area contributed by atoms with Crippen molar-refractivity contribution in [2.45, 2.75) is 18.7 Å². The molecule has 0 heterocycles. The molecule has 22 heavy (non-hydrogen) atoms. The van der Waals surface area contributed by atoms with Crippen LogP contribution in [-0.4, -0.2) is 19.5 Å². The maximum Gasteiger partial charge on any atom is 0.335 e. The first kappa shape index (κ1) is 16.0. The van der Waals surface area contributed by atoms with Crippen LogP contribution >= 0.6 is 0 Å². The van der Waals surface area contributed by atoms with E-state index in [2.05, 4.69) is 4.72 Å². The predicted octanol–water partition coefficient (Wildman–Crippen LogP) is 2.94. The maximum atomic E-state index is 13.2. The first-order valence-corrected chi connectivity index (χ1v) is 7.82. The SMILES string of the molecule is Cc1cc(S(=O)(=O)Nc2ccc(C(=O)O)cc2C)ccc1F. The van der Waals surface area contributed by atoms with Crippen molar-refractivity contribution in [3.05, 3.63) is 58.9 Å². The fourth-order valence-electron chi connectivity index (χ4n) is 1.90. The van der Waals surface area contributed by atoms with Gasteiger partial charge in [-0.1, -0.05) is 0 Å². The van der Waals surface area contributed by atoms with Crippen molar-refractivity contribution in [2.75, 3.05) is 4.72 Å². The van der Waals surface area contributed by atoms with Crippen molar-refractivity contribution in [3.8, 4) is 0 Å². The number of benzene rings is 2. The van der Waals surface area contributed by atoms with Crippen LogP contribution < -0.4 is 4.72 Å². The smallest absolute Gasteiger partial charge is 0.335 e. The number of carboxylic acid groups (broad SMARTS) is 1. The molecule has 0 radical (unpaired) electrons. The van der Waals surface area contributed by atoms with Gasteiger partial charge in [0, 0.05) is 0 Å². The Balaban J connectivity index is 2.36. The Bertz CT molecular complexity index is 847. The number of sulfonamides is 1. The summed E-state index contributed by atoms with van der Waals surface area (Å²) in [7, 11) is -3.87. The van der Waals surface area contributed by atoms with E-state index in [0.717, 1.165) is 6.07 Å². The van der Waals surface area contributed by atoms with E-state index in [-0.39, 0.29) is 21.7 Å². The van der Waals surface area contributed by atoms with Gasteiger partial charge in [-0.05, 0) is 61.4 Å². The van der Waals surface area contributed by atoms with E-state index >= 15 is 0 Å². The van der Waals surface area contributed by atoms with Crippen LogP contribution in [0.15, 0.2) is 41.3 Å². The molecule has 0 spiro atoms. The average molecular weight is 323 g/mol. The lowest BCUT2D eigenvalue weighted by atomic mass is 10.1. The van der Waals surface area contributed by atoms with Gasteiger partial charge in [0.05, 0.1) is 16.1 Å². The normalized spacial score (nSPS) is 11.2. The topological polar surface area (TPSA) is 83.5 Å². The zero-order chi connectivity index (χ0) is 16.5. The van der Waals surface area contributed by atoms with Crippen LogP contribution in [0, 0.1) is 19.7 Å². The second-order valence-electron chi connectivity index (χ2n) is 4.85. The number of anilines is 1. The Kier molecular flexibility index (Phi) is 4.18. The zero-order valence-corrected chi connectivity index (χ0v) is 12.7. The highest BCUT2D eigenvalue weighted by atomic mass is 32.2. The molecule has 0 aliphatic rings. The fourth-order valence-corrected chi connectivity index (χ4v) is 3.11. The summed E-state index contributed by atoms with van der Waals surface area (Å²) >= 11 is 0. The van der Waals surface area contributed by atoms with E-state index in [1.165, 1.54) is 37.3 Å². The summed E-state index contributed by atoms with van der Waals surface area (Å²) in [5.41, 5.74) is 1.04. The number of nitrogens with one attached hydrogen (secondary N) is 1. The van der Waals surface area contributed by atoms with Crippen molar-refractivity contribution in [1.82, 2.24) is 0 Å². The van der Waals surface area contributed by atoms with Crippen LogP contribution in [0.1, 0.15) is 21.5 Å². The second kappa shape index (κ2) is 5.76. The molecular formula is C15H14FNO4S. The lowest BCUT2D eigenvalue weighted by molar-refractivity contribution is 0.0697. The quantitative estimate of drug-likeness (QED) is 0.906. The van der Waals surface area contributed by atoms with E-state index in [1.54, 1.807) is 6.92 Å². The lowest BCUT2D eigenvalue weighted by Crippen LogP contribution is -2.14. The van der Waals surface area contributed by atoms with Crippen molar-refractivity contribution >= 4 is 21.7 Å². The molecule has 0 atom stereocenters. The maximum absolute atomic E-state index is 13.2. The van der Waals surface area contributed by atoms with Gasteiger partial charge in [0.1, 0.15) is 5.82 Å². The van der Waals surface area contributed by atoms with E-state index in [9.17, 15) is 17.6 Å². The number of aryl methyl sites for hydroxylation is 2. The average Bonchev–Trinajstić information content (AvgIpc) is 2.43. The monoisotopic (exact) mass is 323 g/mol. The van der Waals surface area contributed by atoms with Crippen molar-refractivity contribution in [1.29, 1.82) is 0 Å². The molecule has 0 aliphatic carbocycles. The van der Waals surface area contributed by atoms with Gasteiger partial charge in [-0.2, -0.15) is 0 Å². The van der Waals surface area contributed by atoms with Crippen molar-refractivity contribution in [2.24, 2.45) is 0 Å². The number of halogens is 1. The van der Waals surface area contributed by atoms with Gasteiger partial charge in [-0.15, -0.1) is 0 Å². The Labute approximate surface area is 127 Å². The lowest BCUT2D eigenvalue weighted by Gasteiger charge is -2.11. The minimum atomic E-state index is -3.87. The molecule has 0 saturated carbocycles. The molecule has 116 valence electrons. The van der Waals surface area contributed by atoms with Gasteiger partial charge in [0.2, 0.25) is 0 Å². The number of rotatable bonds is 4. The van der Waals surface area contributed by atoms with Crippen LogP contribution in [0.5, 0.6) is 0 Å². The number of carbonyl (C=O) groups is 1. The minimum Gasteiger partial charge on any atom is -0.478 e. The summed E-state index contributed by atoms with van der Waals surface area (Å²) in [6, 6.07) is 7.56. The molecule has 0 aliphatic heterocycles. The Morgan fingerprint density at radius 3 is 2.32 bits per heavy atom. The first-order chi connectivity index (χ1) is 10.2. The van der Waals surface area contributed by atoms with Gasteiger partial charge in [0.25, 0.3) is 10.0 Å². The van der Waals surface area contributed by atoms with Crippen molar-refractivity contribution < 1.29 is 22.7 Å². The number of aromatic carboxylic acids is 1. The standard InChI is InChI=1S/C15H14FNO4S/c1-9-8-12(4-5-13(9)16)22(20,21)17-14-6-3-11(15(18)19)7-10(14)2/h3-8,17H,1-2H3,(H,18,19). The van der Waals surface area contributed by atoms with Gasteiger partial charge in [-0.25, -0.2) is 17.6 Å². The first-order valence-electron chi connectivity index (χ1n) is 6.33. The molecule has 0 fully saturated rings. The highest BCUT2D eigenvalue weighted by Gasteiger charge is 2.17. The Morgan fingerprint density at radius 2 is 1.77 bits per heavy atom. The molecular weight excluding hydrogens is 309 g/mol. The minimum absolute atomic E-state index is 0.0619. The van der Waals surface area contributed by atoms with E-state index in [0.29, 0.717) is 5.56 Å². The molecule has 7 heteroatoms. The van der Waals surface area contributed by atoms with Crippen LogP contribution in [0.3, 0.4) is 0 Å². The number of hydrogen-bond acceptors (Lipinski definition) is 3. The molecule has 0 aromatic heterocycles. The van der Waals surface area contributed by atoms with Gasteiger partial charge in [-0.3, -0.25) is 4.72 Å². The summed E-state index contributed by atoms with van der Waals surface area (Å²) in [6.07, 6.45) is 0. The molecule has 2 N–H and O–H groups in total. The predicted molar refractivity (Wildman–Crippen MR) is 80.1 cm³/mol. The summed E-state index contributed by atoms with van der Waals surface area (Å²) in [5, 5.41) is 8.89. The molecule has 2 aromatic rings. The van der Waals surface area contributed by atoms with Gasteiger partial charge >= 0.3 is 5.97 Å². The van der Waals surface area contributed by atoms with Gasteiger partial charge < -0.3 is 5.11 Å². The summed E-state index contributed by atoms with van der Waals surface area (Å²) < 4.78 is 40.2. The summed E-state index contributed by atoms with van der Waals surface area (Å²) in [6.45, 7) is 3.07. The third-order valence-corrected chi connectivity index (χ3v) is 4.52. The third kappa shape index (κ3) is 3.25. The molecule has 0 saturated heterocycles. The molecule has 2 rings (SSSR count). The van der Waals surface area contributed by atoms with E-state index < -0.39 is 21.8 Å². The van der Waals surface area contributed by atoms with E-state index in [1.807, 2.05) is 0 Å². The van der Waals surface area contributed by atoms with Crippen LogP contribution in [-0.2, 0) is 10.0 Å². The number of carboxylic acids is 1. The molecule has 0 bridgehead atoms. The molecule has 0 amide bonds. The van der Waals surface area contributed by atoms with Crippen LogP contribution in [0.25, 0.3) is 0 Å². The Morgan fingerprint density at radius 1 is 1.09 bits per heavy atom. The Hall–Kier alpha value is -2.41. The largest absolute Gasteiger partial charge is 0.478 e. The van der Waals surface area contributed by atoms with Crippen LogP contribution in [0.2, 0.25) is 0 Å². The van der Waals surface area contributed by atoms with Crippen LogP contribution in [0.4, 0.5) is 10.1 Å². The molecule has 5 nitrogen and oxygen atoms in total. The molecule has 2 aromatic carbocycles.